The second kappa shape index (κ2) is 6.82. The first-order valence-corrected chi connectivity index (χ1v) is 10.6. The van der Waals surface area contributed by atoms with Crippen molar-refractivity contribution >= 4 is 32.5 Å². The molecule has 0 aliphatic heterocycles. The monoisotopic (exact) mass is 399 g/mol. The summed E-state index contributed by atoms with van der Waals surface area (Å²) >= 11 is 0. The first-order chi connectivity index (χ1) is 15.2. The third-order valence-electron chi connectivity index (χ3n) is 6.19. The predicted octanol–water partition coefficient (Wildman–Crippen LogP) is 8.09. The highest BCUT2D eigenvalue weighted by Crippen LogP contribution is 2.37. The van der Waals surface area contributed by atoms with E-state index in [-0.39, 0.29) is 0 Å². The number of benzene rings is 4. The van der Waals surface area contributed by atoms with Gasteiger partial charge in [0.2, 0.25) is 0 Å². The van der Waals surface area contributed by atoms with Gasteiger partial charge in [-0.1, -0.05) is 66.7 Å². The Morgan fingerprint density at radius 1 is 0.645 bits per heavy atom. The smallest absolute Gasteiger partial charge is 0.138 e. The third-order valence-corrected chi connectivity index (χ3v) is 6.19. The Labute approximate surface area is 180 Å². The number of nitrogens with zero attached hydrogens (tertiary/aromatic N) is 1. The van der Waals surface area contributed by atoms with Gasteiger partial charge < -0.3 is 4.42 Å². The number of furan rings is 1. The number of rotatable bonds is 2. The predicted molar refractivity (Wildman–Crippen MR) is 129 cm³/mol. The van der Waals surface area contributed by atoms with E-state index in [1.807, 2.05) is 12.3 Å². The summed E-state index contributed by atoms with van der Waals surface area (Å²) in [7, 11) is 0. The van der Waals surface area contributed by atoms with Crippen LogP contribution in [-0.4, -0.2) is 4.98 Å². The molecule has 0 unspecified atom stereocenters. The van der Waals surface area contributed by atoms with E-state index in [0.29, 0.717) is 0 Å². The average Bonchev–Trinajstić information content (AvgIpc) is 3.22. The van der Waals surface area contributed by atoms with Gasteiger partial charge in [-0.15, -0.1) is 0 Å². The average molecular weight is 399 g/mol. The van der Waals surface area contributed by atoms with E-state index >= 15 is 0 Å². The normalized spacial score (nSPS) is 11.5. The molecule has 4 aromatic carbocycles. The molecule has 2 aromatic heterocycles. The molecular weight excluding hydrogens is 378 g/mol. The summed E-state index contributed by atoms with van der Waals surface area (Å²) in [5.74, 6) is 0.895. The molecular formula is C29H21NO. The van der Waals surface area contributed by atoms with Crippen molar-refractivity contribution in [1.82, 2.24) is 4.98 Å². The van der Waals surface area contributed by atoms with Crippen molar-refractivity contribution in [3.8, 4) is 22.6 Å². The molecule has 0 spiro atoms. The molecule has 0 saturated heterocycles. The third kappa shape index (κ3) is 2.83. The van der Waals surface area contributed by atoms with Gasteiger partial charge in [0.05, 0.1) is 5.69 Å². The largest absolute Gasteiger partial charge is 0.456 e. The molecule has 2 heteroatoms. The highest BCUT2D eigenvalue weighted by atomic mass is 16.3. The molecule has 2 nitrogen and oxygen atoms in total. The number of hydrogen-bond acceptors (Lipinski definition) is 2. The van der Waals surface area contributed by atoms with Crippen LogP contribution in [0.5, 0.6) is 0 Å². The van der Waals surface area contributed by atoms with E-state index in [9.17, 15) is 0 Å². The lowest BCUT2D eigenvalue weighted by Crippen LogP contribution is -1.86. The fourth-order valence-corrected chi connectivity index (χ4v) is 4.68. The topological polar surface area (TPSA) is 26.0 Å². The van der Waals surface area contributed by atoms with Crippen molar-refractivity contribution in [2.75, 3.05) is 0 Å². The van der Waals surface area contributed by atoms with Crippen molar-refractivity contribution in [1.29, 1.82) is 0 Å². The highest BCUT2D eigenvalue weighted by molar-refractivity contribution is 6.09. The van der Waals surface area contributed by atoms with Crippen LogP contribution in [0.3, 0.4) is 0 Å². The van der Waals surface area contributed by atoms with E-state index in [1.54, 1.807) is 0 Å². The zero-order valence-electron chi connectivity index (χ0n) is 17.5. The van der Waals surface area contributed by atoms with E-state index in [2.05, 4.69) is 92.7 Å². The summed E-state index contributed by atoms with van der Waals surface area (Å²) in [6.07, 6.45) is 1.83. The van der Waals surface area contributed by atoms with Gasteiger partial charge >= 0.3 is 0 Å². The fourth-order valence-electron chi connectivity index (χ4n) is 4.68. The van der Waals surface area contributed by atoms with Crippen LogP contribution >= 0.6 is 0 Å². The molecule has 0 bridgehead atoms. The van der Waals surface area contributed by atoms with Gasteiger partial charge in [0.15, 0.2) is 0 Å². The maximum absolute atomic E-state index is 6.28. The number of aromatic nitrogens is 1. The Morgan fingerprint density at radius 3 is 2.29 bits per heavy atom. The maximum atomic E-state index is 6.28. The molecule has 148 valence electrons. The second-order valence-corrected chi connectivity index (χ2v) is 8.17. The minimum Gasteiger partial charge on any atom is -0.456 e. The SMILES string of the molecule is Cc1cccc(C)c1-c1cc2c(-c3ccc4c(ccc5ccccc54)c3)nccc2o1. The number of hydrogen-bond donors (Lipinski definition) is 0. The van der Waals surface area contributed by atoms with Crippen molar-refractivity contribution in [3.05, 3.63) is 102 Å². The molecule has 0 aliphatic rings. The summed E-state index contributed by atoms with van der Waals surface area (Å²) in [4.78, 5) is 4.74. The molecule has 0 radical (unpaired) electrons. The molecule has 0 aliphatic carbocycles. The Kier molecular flexibility index (Phi) is 3.94. The minimum absolute atomic E-state index is 0.862. The van der Waals surface area contributed by atoms with Crippen LogP contribution in [0, 0.1) is 13.8 Å². The molecule has 6 rings (SSSR count). The quantitative estimate of drug-likeness (QED) is 0.275. The van der Waals surface area contributed by atoms with Gasteiger partial charge in [-0.2, -0.15) is 0 Å². The first-order valence-electron chi connectivity index (χ1n) is 10.6. The van der Waals surface area contributed by atoms with E-state index in [1.165, 1.54) is 32.7 Å². The second-order valence-electron chi connectivity index (χ2n) is 8.17. The Balaban J connectivity index is 1.55. The Hall–Kier alpha value is -3.91. The van der Waals surface area contributed by atoms with Crippen LogP contribution < -0.4 is 0 Å². The van der Waals surface area contributed by atoms with Crippen LogP contribution in [0.25, 0.3) is 55.1 Å². The zero-order valence-corrected chi connectivity index (χ0v) is 17.5. The van der Waals surface area contributed by atoms with Crippen molar-refractivity contribution in [2.24, 2.45) is 0 Å². The van der Waals surface area contributed by atoms with E-state index < -0.39 is 0 Å². The summed E-state index contributed by atoms with van der Waals surface area (Å²) in [5.41, 5.74) is 6.50. The van der Waals surface area contributed by atoms with Crippen molar-refractivity contribution in [2.45, 2.75) is 13.8 Å². The molecule has 0 N–H and O–H groups in total. The number of aryl methyl sites for hydroxylation is 2. The van der Waals surface area contributed by atoms with Gasteiger partial charge in [-0.25, -0.2) is 0 Å². The molecule has 0 amide bonds. The molecule has 0 fully saturated rings. The molecule has 0 saturated carbocycles. The summed E-state index contributed by atoms with van der Waals surface area (Å²) in [6.45, 7) is 4.25. The van der Waals surface area contributed by atoms with Crippen LogP contribution in [0.4, 0.5) is 0 Å². The van der Waals surface area contributed by atoms with Gasteiger partial charge in [-0.05, 0) is 64.7 Å². The first kappa shape index (κ1) is 17.9. The molecule has 6 aromatic rings. The summed E-state index contributed by atoms with van der Waals surface area (Å²) < 4.78 is 6.28. The Bertz CT molecular complexity index is 1590. The molecule has 0 atom stereocenters. The van der Waals surface area contributed by atoms with Gasteiger partial charge in [-0.3, -0.25) is 4.98 Å². The van der Waals surface area contributed by atoms with E-state index in [4.69, 9.17) is 9.40 Å². The minimum atomic E-state index is 0.862. The van der Waals surface area contributed by atoms with E-state index in [0.717, 1.165) is 33.6 Å². The lowest BCUT2D eigenvalue weighted by molar-refractivity contribution is 0.630. The summed E-state index contributed by atoms with van der Waals surface area (Å²) in [5, 5.41) is 6.06. The zero-order chi connectivity index (χ0) is 20.9. The van der Waals surface area contributed by atoms with Crippen molar-refractivity contribution in [3.63, 3.8) is 0 Å². The van der Waals surface area contributed by atoms with Crippen molar-refractivity contribution < 1.29 is 4.42 Å². The molecule has 31 heavy (non-hydrogen) atoms. The fraction of sp³-hybridized carbons (Fsp3) is 0.0690. The molecule has 2 heterocycles. The van der Waals surface area contributed by atoms with Gasteiger partial charge in [0.25, 0.3) is 0 Å². The van der Waals surface area contributed by atoms with Gasteiger partial charge in [0.1, 0.15) is 11.3 Å². The lowest BCUT2D eigenvalue weighted by atomic mass is 9.98. The van der Waals surface area contributed by atoms with Crippen LogP contribution in [0.2, 0.25) is 0 Å². The van der Waals surface area contributed by atoms with Crippen LogP contribution in [0.1, 0.15) is 11.1 Å². The summed E-state index contributed by atoms with van der Waals surface area (Å²) in [6, 6.07) is 29.9. The number of pyridine rings is 1. The lowest BCUT2D eigenvalue weighted by Gasteiger charge is -2.07. The highest BCUT2D eigenvalue weighted by Gasteiger charge is 2.15. The maximum Gasteiger partial charge on any atom is 0.138 e. The van der Waals surface area contributed by atoms with Crippen LogP contribution in [0.15, 0.2) is 95.5 Å². The standard InChI is InChI=1S/C29H21NO/c1-18-6-5-7-19(2)28(18)27-17-25-26(31-27)14-15-30-29(25)22-12-13-24-21(16-22)11-10-20-8-3-4-9-23(20)24/h3-17H,1-2H3. The van der Waals surface area contributed by atoms with Crippen LogP contribution in [-0.2, 0) is 0 Å². The Morgan fingerprint density at radius 2 is 1.42 bits per heavy atom. The van der Waals surface area contributed by atoms with Gasteiger partial charge in [0, 0.05) is 22.7 Å². The number of fused-ring (bicyclic) bond motifs is 4.